The summed E-state index contributed by atoms with van der Waals surface area (Å²) in [7, 11) is -3.79. The summed E-state index contributed by atoms with van der Waals surface area (Å²) in [6, 6.07) is 7.11. The van der Waals surface area contributed by atoms with Crippen LogP contribution in [0.25, 0.3) is 0 Å². The average molecular weight is 432 g/mol. The van der Waals surface area contributed by atoms with Crippen LogP contribution in [0.15, 0.2) is 33.7 Å². The fourth-order valence-electron chi connectivity index (χ4n) is 4.49. The van der Waals surface area contributed by atoms with Crippen LogP contribution < -0.4 is 10.0 Å². The molecule has 1 aromatic carbocycles. The Hall–Kier alpha value is -2.35. The maximum atomic E-state index is 12.9. The van der Waals surface area contributed by atoms with Crippen molar-refractivity contribution in [2.45, 2.75) is 69.1 Å². The molecule has 1 heterocycles. The number of aromatic nitrogens is 1. The number of rotatable bonds is 7. The molecule has 4 rings (SSSR count). The molecule has 0 saturated heterocycles. The van der Waals surface area contributed by atoms with Crippen LogP contribution in [0.4, 0.5) is 5.69 Å². The average Bonchev–Trinajstić information content (AvgIpc) is 3.46. The van der Waals surface area contributed by atoms with Gasteiger partial charge in [0.15, 0.2) is 10.7 Å². The first-order valence-corrected chi connectivity index (χ1v) is 12.1. The number of hydrogen-bond acceptors (Lipinski definition) is 5. The van der Waals surface area contributed by atoms with Gasteiger partial charge in [0.2, 0.25) is 5.91 Å². The molecular weight excluding hydrogens is 402 g/mol. The Morgan fingerprint density at radius 3 is 2.37 bits per heavy atom. The number of carbonyl (C=O) groups is 1. The first-order chi connectivity index (χ1) is 14.3. The van der Waals surface area contributed by atoms with Crippen molar-refractivity contribution in [3.05, 3.63) is 41.3 Å². The molecule has 2 N–H and O–H groups in total. The van der Waals surface area contributed by atoms with E-state index < -0.39 is 15.4 Å². The van der Waals surface area contributed by atoms with E-state index in [0.29, 0.717) is 17.3 Å². The molecule has 1 aromatic heterocycles. The van der Waals surface area contributed by atoms with Gasteiger partial charge in [-0.25, -0.2) is 8.42 Å². The second-order valence-electron chi connectivity index (χ2n) is 8.63. The van der Waals surface area contributed by atoms with E-state index in [4.69, 9.17) is 4.52 Å². The molecule has 0 aliphatic heterocycles. The highest BCUT2D eigenvalue weighted by Gasteiger charge is 2.51. The van der Waals surface area contributed by atoms with E-state index in [2.05, 4.69) is 15.2 Å². The first-order valence-electron chi connectivity index (χ1n) is 10.7. The van der Waals surface area contributed by atoms with E-state index >= 15 is 0 Å². The number of amides is 1. The Morgan fingerprint density at radius 1 is 1.13 bits per heavy atom. The maximum absolute atomic E-state index is 12.9. The Labute approximate surface area is 177 Å². The lowest BCUT2D eigenvalue weighted by Crippen LogP contribution is -2.38. The van der Waals surface area contributed by atoms with E-state index in [0.717, 1.165) is 24.9 Å². The minimum Gasteiger partial charge on any atom is -0.360 e. The molecule has 2 aromatic rings. The molecule has 0 bridgehead atoms. The van der Waals surface area contributed by atoms with Gasteiger partial charge in [-0.2, -0.15) is 0 Å². The molecule has 2 saturated carbocycles. The van der Waals surface area contributed by atoms with Crippen LogP contribution in [0, 0.1) is 19.8 Å². The maximum Gasteiger partial charge on any atom is 0.267 e. The monoisotopic (exact) mass is 431 g/mol. The molecule has 0 spiro atoms. The Morgan fingerprint density at radius 2 is 1.80 bits per heavy atom. The minimum absolute atomic E-state index is 0.0623. The molecule has 0 radical (unpaired) electrons. The van der Waals surface area contributed by atoms with Gasteiger partial charge in [-0.15, -0.1) is 0 Å². The Kier molecular flexibility index (Phi) is 5.61. The molecule has 0 atom stereocenters. The van der Waals surface area contributed by atoms with Gasteiger partial charge < -0.3 is 9.84 Å². The van der Waals surface area contributed by atoms with E-state index in [1.807, 2.05) is 12.1 Å². The fraction of sp³-hybridized carbons (Fsp3) is 0.545. The molecule has 2 fully saturated rings. The summed E-state index contributed by atoms with van der Waals surface area (Å²) in [6.07, 6.45) is 7.89. The van der Waals surface area contributed by atoms with Gasteiger partial charge in [0.25, 0.3) is 10.0 Å². The van der Waals surface area contributed by atoms with Crippen LogP contribution in [-0.4, -0.2) is 26.0 Å². The third-order valence-corrected chi connectivity index (χ3v) is 8.01. The van der Waals surface area contributed by atoms with Crippen LogP contribution in [0.1, 0.15) is 62.0 Å². The SMILES string of the molecule is Cc1noc(C)c1S(=O)(=O)Nc1ccc(C2(C(=O)NCC3CCCCC3)CC2)cc1. The second kappa shape index (κ2) is 8.06. The van der Waals surface area contributed by atoms with Gasteiger partial charge in [-0.1, -0.05) is 36.6 Å². The van der Waals surface area contributed by atoms with Gasteiger partial charge >= 0.3 is 0 Å². The molecule has 0 unspecified atom stereocenters. The van der Waals surface area contributed by atoms with E-state index in [1.165, 1.54) is 32.1 Å². The third-order valence-electron chi connectivity index (χ3n) is 6.39. The molecular formula is C22H29N3O4S. The number of carbonyl (C=O) groups excluding carboxylic acids is 1. The zero-order valence-corrected chi connectivity index (χ0v) is 18.3. The smallest absolute Gasteiger partial charge is 0.267 e. The van der Waals surface area contributed by atoms with Crippen LogP contribution in [0.5, 0.6) is 0 Å². The number of sulfonamides is 1. The zero-order chi connectivity index (χ0) is 21.4. The van der Waals surface area contributed by atoms with Crippen molar-refractivity contribution in [1.29, 1.82) is 0 Å². The van der Waals surface area contributed by atoms with E-state index in [1.54, 1.807) is 26.0 Å². The number of nitrogens with zero attached hydrogens (tertiary/aromatic N) is 1. The zero-order valence-electron chi connectivity index (χ0n) is 17.5. The van der Waals surface area contributed by atoms with Gasteiger partial charge in [0.05, 0.1) is 5.41 Å². The molecule has 8 heteroatoms. The predicted molar refractivity (Wildman–Crippen MR) is 114 cm³/mol. The summed E-state index contributed by atoms with van der Waals surface area (Å²) in [5, 5.41) is 6.88. The lowest BCUT2D eigenvalue weighted by molar-refractivity contribution is -0.123. The molecule has 2 aliphatic rings. The standard InChI is InChI=1S/C22H29N3O4S/c1-15-20(16(2)29-24-15)30(27,28)25-19-10-8-18(9-11-19)22(12-13-22)21(26)23-14-17-6-4-3-5-7-17/h8-11,17,25H,3-7,12-14H2,1-2H3,(H,23,26). The lowest BCUT2D eigenvalue weighted by Gasteiger charge is -2.23. The third kappa shape index (κ3) is 4.10. The van der Waals surface area contributed by atoms with E-state index in [-0.39, 0.29) is 16.6 Å². The summed E-state index contributed by atoms with van der Waals surface area (Å²) in [5.41, 5.74) is 1.23. The first kappa shape index (κ1) is 20.9. The van der Waals surface area contributed by atoms with Crippen molar-refractivity contribution in [3.63, 3.8) is 0 Å². The fourth-order valence-corrected chi connectivity index (χ4v) is 5.88. The van der Waals surface area contributed by atoms with Gasteiger partial charge in [0.1, 0.15) is 5.69 Å². The minimum atomic E-state index is -3.79. The highest BCUT2D eigenvalue weighted by molar-refractivity contribution is 7.92. The Bertz CT molecular complexity index is 998. The largest absolute Gasteiger partial charge is 0.360 e. The van der Waals surface area contributed by atoms with Crippen LogP contribution >= 0.6 is 0 Å². The van der Waals surface area contributed by atoms with Crippen LogP contribution in [0.2, 0.25) is 0 Å². The second-order valence-corrected chi connectivity index (χ2v) is 10.3. The van der Waals surface area contributed by atoms with Crippen LogP contribution in [0.3, 0.4) is 0 Å². The quantitative estimate of drug-likeness (QED) is 0.694. The summed E-state index contributed by atoms with van der Waals surface area (Å²) < 4.78 is 32.9. The summed E-state index contributed by atoms with van der Waals surface area (Å²) in [4.78, 5) is 12.9. The lowest BCUT2D eigenvalue weighted by atomic mass is 9.88. The van der Waals surface area contributed by atoms with Gasteiger partial charge in [-0.3, -0.25) is 9.52 Å². The summed E-state index contributed by atoms with van der Waals surface area (Å²) >= 11 is 0. The predicted octanol–water partition coefficient (Wildman–Crippen LogP) is 3.82. The molecule has 162 valence electrons. The summed E-state index contributed by atoms with van der Waals surface area (Å²) in [6.45, 7) is 3.92. The van der Waals surface area contributed by atoms with E-state index in [9.17, 15) is 13.2 Å². The topological polar surface area (TPSA) is 101 Å². The van der Waals surface area contributed by atoms with Crippen LogP contribution in [-0.2, 0) is 20.2 Å². The van der Waals surface area contributed by atoms with Gasteiger partial charge in [0, 0.05) is 12.2 Å². The molecule has 1 amide bonds. The van der Waals surface area contributed by atoms with Crippen molar-refractivity contribution < 1.29 is 17.7 Å². The Balaban J connectivity index is 1.42. The highest BCUT2D eigenvalue weighted by atomic mass is 32.2. The summed E-state index contributed by atoms with van der Waals surface area (Å²) in [5.74, 6) is 0.944. The number of nitrogens with one attached hydrogen (secondary N) is 2. The molecule has 30 heavy (non-hydrogen) atoms. The van der Waals surface area contributed by atoms with Crippen molar-refractivity contribution >= 4 is 21.6 Å². The number of anilines is 1. The molecule has 2 aliphatic carbocycles. The number of aryl methyl sites for hydroxylation is 2. The van der Waals surface area contributed by atoms with Gasteiger partial charge in [-0.05, 0) is 63.1 Å². The van der Waals surface area contributed by atoms with Crippen molar-refractivity contribution in [3.8, 4) is 0 Å². The highest BCUT2D eigenvalue weighted by Crippen LogP contribution is 2.48. The number of benzene rings is 1. The normalized spacial score (nSPS) is 18.7. The number of hydrogen-bond donors (Lipinski definition) is 2. The van der Waals surface area contributed by atoms with Crippen molar-refractivity contribution in [2.75, 3.05) is 11.3 Å². The molecule has 7 nitrogen and oxygen atoms in total. The van der Waals surface area contributed by atoms with Crippen molar-refractivity contribution in [2.24, 2.45) is 5.92 Å². The van der Waals surface area contributed by atoms with Crippen molar-refractivity contribution in [1.82, 2.24) is 10.5 Å².